The Balaban J connectivity index is 1.49. The third-order valence-electron chi connectivity index (χ3n) is 5.45. The smallest absolute Gasteiger partial charge is 0.264 e. The van der Waals surface area contributed by atoms with Crippen LogP contribution in [0.25, 0.3) is 0 Å². The molecule has 1 amide bonds. The van der Waals surface area contributed by atoms with Crippen LogP contribution in [0.2, 0.25) is 0 Å². The molecule has 32 heavy (non-hydrogen) atoms. The molecule has 1 heterocycles. The van der Waals surface area contributed by atoms with Crippen molar-refractivity contribution < 1.29 is 17.9 Å². The summed E-state index contributed by atoms with van der Waals surface area (Å²) in [7, 11) is -3.50. The van der Waals surface area contributed by atoms with Crippen molar-refractivity contribution in [3.8, 4) is 5.75 Å². The van der Waals surface area contributed by atoms with Crippen molar-refractivity contribution in [2.45, 2.75) is 38.0 Å². The Bertz CT molecular complexity index is 1030. The van der Waals surface area contributed by atoms with Crippen LogP contribution in [0.4, 0.5) is 5.69 Å². The number of aryl methyl sites for hydroxylation is 1. The second-order valence-electron chi connectivity index (χ2n) is 7.90. The Kier molecular flexibility index (Phi) is 8.22. The van der Waals surface area contributed by atoms with Crippen molar-refractivity contribution in [1.29, 1.82) is 0 Å². The first-order valence-corrected chi connectivity index (χ1v) is 12.6. The first-order valence-electron chi connectivity index (χ1n) is 10.7. The van der Waals surface area contributed by atoms with E-state index in [9.17, 15) is 13.2 Å². The molecular formula is C23H29N3O4S2. The number of hydrogen-bond donors (Lipinski definition) is 2. The lowest BCUT2D eigenvalue weighted by atomic mass is 10.0. The molecule has 0 atom stereocenters. The van der Waals surface area contributed by atoms with E-state index in [1.807, 2.05) is 24.3 Å². The highest BCUT2D eigenvalue weighted by Crippen LogP contribution is 2.24. The number of nitrogens with one attached hydrogen (secondary N) is 2. The maximum atomic E-state index is 12.8. The molecule has 2 aromatic rings. The molecule has 1 fully saturated rings. The SMILES string of the molecule is CCc1ccc(OCC(=O)NC(=S)Nc2ccc(S(=O)(=O)N3CCC(C)CC3)cc2)cc1. The van der Waals surface area contributed by atoms with Crippen molar-refractivity contribution in [3.05, 3.63) is 54.1 Å². The average molecular weight is 476 g/mol. The summed E-state index contributed by atoms with van der Waals surface area (Å²) in [5.74, 6) is 0.771. The van der Waals surface area contributed by atoms with Crippen LogP contribution in [-0.2, 0) is 21.2 Å². The van der Waals surface area contributed by atoms with E-state index < -0.39 is 10.0 Å². The second-order valence-corrected chi connectivity index (χ2v) is 10.2. The van der Waals surface area contributed by atoms with Crippen molar-refractivity contribution in [3.63, 3.8) is 0 Å². The van der Waals surface area contributed by atoms with Crippen LogP contribution in [-0.4, -0.2) is 43.4 Å². The van der Waals surface area contributed by atoms with Gasteiger partial charge in [-0.15, -0.1) is 0 Å². The maximum Gasteiger partial charge on any atom is 0.264 e. The predicted octanol–water partition coefficient (Wildman–Crippen LogP) is 3.56. The number of amides is 1. The van der Waals surface area contributed by atoms with Gasteiger partial charge in [0.15, 0.2) is 11.7 Å². The summed E-state index contributed by atoms with van der Waals surface area (Å²) in [6.07, 6.45) is 2.69. The molecule has 7 nitrogen and oxygen atoms in total. The number of benzene rings is 2. The molecule has 2 aromatic carbocycles. The summed E-state index contributed by atoms with van der Waals surface area (Å²) in [5.41, 5.74) is 1.77. The summed E-state index contributed by atoms with van der Waals surface area (Å²) in [6, 6.07) is 13.9. The molecule has 9 heteroatoms. The number of sulfonamides is 1. The van der Waals surface area contributed by atoms with Gasteiger partial charge in [0.25, 0.3) is 5.91 Å². The van der Waals surface area contributed by atoms with E-state index in [4.69, 9.17) is 17.0 Å². The summed E-state index contributed by atoms with van der Waals surface area (Å²) in [6.45, 7) is 5.13. The Morgan fingerprint density at radius 1 is 1.09 bits per heavy atom. The second kappa shape index (κ2) is 10.9. The minimum Gasteiger partial charge on any atom is -0.484 e. The number of nitrogens with zero attached hydrogens (tertiary/aromatic N) is 1. The van der Waals surface area contributed by atoms with Crippen LogP contribution >= 0.6 is 12.2 Å². The monoisotopic (exact) mass is 475 g/mol. The summed E-state index contributed by atoms with van der Waals surface area (Å²) in [4.78, 5) is 12.3. The van der Waals surface area contributed by atoms with Crippen molar-refractivity contribution in [2.24, 2.45) is 5.92 Å². The molecular weight excluding hydrogens is 446 g/mol. The molecule has 3 rings (SSSR count). The molecule has 0 aromatic heterocycles. The van der Waals surface area contributed by atoms with Crippen LogP contribution in [0, 0.1) is 5.92 Å². The quantitative estimate of drug-likeness (QED) is 0.596. The summed E-state index contributed by atoms with van der Waals surface area (Å²) >= 11 is 5.17. The normalized spacial score (nSPS) is 15.2. The lowest BCUT2D eigenvalue weighted by Gasteiger charge is -2.29. The fourth-order valence-corrected chi connectivity index (χ4v) is 5.08. The van der Waals surface area contributed by atoms with Crippen LogP contribution in [0.1, 0.15) is 32.3 Å². The van der Waals surface area contributed by atoms with E-state index in [0.29, 0.717) is 30.4 Å². The summed E-state index contributed by atoms with van der Waals surface area (Å²) < 4.78 is 32.6. The van der Waals surface area contributed by atoms with Gasteiger partial charge in [0.05, 0.1) is 4.90 Å². The zero-order valence-corrected chi connectivity index (χ0v) is 20.0. The highest BCUT2D eigenvalue weighted by Gasteiger charge is 2.27. The van der Waals surface area contributed by atoms with E-state index in [2.05, 4.69) is 24.5 Å². The van der Waals surface area contributed by atoms with E-state index in [-0.39, 0.29) is 22.5 Å². The Hall–Kier alpha value is -2.49. The standard InChI is InChI=1S/C23H29N3O4S2/c1-3-18-4-8-20(9-5-18)30-16-22(27)25-23(31)24-19-6-10-21(11-7-19)32(28,29)26-14-12-17(2)13-15-26/h4-11,17H,3,12-16H2,1-2H3,(H2,24,25,27,31). The Morgan fingerprint density at radius 2 is 1.72 bits per heavy atom. The molecule has 0 bridgehead atoms. The Morgan fingerprint density at radius 3 is 2.31 bits per heavy atom. The highest BCUT2D eigenvalue weighted by atomic mass is 32.2. The zero-order chi connectivity index (χ0) is 23.1. The van der Waals surface area contributed by atoms with Gasteiger partial charge in [-0.2, -0.15) is 4.31 Å². The van der Waals surface area contributed by atoms with E-state index in [1.54, 1.807) is 24.3 Å². The number of ether oxygens (including phenoxy) is 1. The maximum absolute atomic E-state index is 12.8. The third-order valence-corrected chi connectivity index (χ3v) is 7.56. The molecule has 0 aliphatic carbocycles. The number of hydrogen-bond acceptors (Lipinski definition) is 5. The van der Waals surface area contributed by atoms with Gasteiger partial charge in [-0.05, 0) is 79.4 Å². The first-order chi connectivity index (χ1) is 15.3. The molecule has 0 saturated carbocycles. The van der Waals surface area contributed by atoms with Crippen molar-refractivity contribution in [2.75, 3.05) is 25.0 Å². The van der Waals surface area contributed by atoms with Crippen molar-refractivity contribution >= 4 is 38.9 Å². The largest absolute Gasteiger partial charge is 0.484 e. The van der Waals surface area contributed by atoms with Gasteiger partial charge >= 0.3 is 0 Å². The molecule has 1 aliphatic rings. The van der Waals surface area contributed by atoms with Gasteiger partial charge in [0, 0.05) is 18.8 Å². The van der Waals surface area contributed by atoms with Gasteiger partial charge in [-0.25, -0.2) is 8.42 Å². The molecule has 2 N–H and O–H groups in total. The average Bonchev–Trinajstić information content (AvgIpc) is 2.78. The molecule has 0 spiro atoms. The third kappa shape index (κ3) is 6.51. The number of carbonyl (C=O) groups is 1. The fraction of sp³-hybridized carbons (Fsp3) is 0.391. The minimum absolute atomic E-state index is 0.112. The van der Waals surface area contributed by atoms with Crippen LogP contribution < -0.4 is 15.4 Å². The van der Waals surface area contributed by atoms with Crippen LogP contribution in [0.5, 0.6) is 5.75 Å². The van der Waals surface area contributed by atoms with Gasteiger partial charge < -0.3 is 10.1 Å². The highest BCUT2D eigenvalue weighted by molar-refractivity contribution is 7.89. The van der Waals surface area contributed by atoms with Gasteiger partial charge in [-0.1, -0.05) is 26.0 Å². The minimum atomic E-state index is -3.50. The van der Waals surface area contributed by atoms with Crippen molar-refractivity contribution in [1.82, 2.24) is 9.62 Å². The number of carbonyl (C=O) groups excluding carboxylic acids is 1. The van der Waals surface area contributed by atoms with E-state index >= 15 is 0 Å². The number of rotatable bonds is 7. The molecule has 172 valence electrons. The Labute approximate surface area is 195 Å². The van der Waals surface area contributed by atoms with Gasteiger partial charge in [0.2, 0.25) is 10.0 Å². The zero-order valence-electron chi connectivity index (χ0n) is 18.3. The lowest BCUT2D eigenvalue weighted by Crippen LogP contribution is -2.38. The molecule has 1 aliphatic heterocycles. The number of thiocarbonyl (C=S) groups is 1. The lowest BCUT2D eigenvalue weighted by molar-refractivity contribution is -0.121. The van der Waals surface area contributed by atoms with E-state index in [1.165, 1.54) is 9.87 Å². The van der Waals surface area contributed by atoms with E-state index in [0.717, 1.165) is 19.3 Å². The van der Waals surface area contributed by atoms with Gasteiger partial charge in [-0.3, -0.25) is 10.1 Å². The number of piperidine rings is 1. The number of anilines is 1. The molecule has 0 unspecified atom stereocenters. The van der Waals surface area contributed by atoms with Crippen LogP contribution in [0.15, 0.2) is 53.4 Å². The first kappa shape index (κ1) is 24.2. The molecule has 1 saturated heterocycles. The molecule has 0 radical (unpaired) electrons. The van der Waals surface area contributed by atoms with Crippen LogP contribution in [0.3, 0.4) is 0 Å². The predicted molar refractivity (Wildman–Crippen MR) is 129 cm³/mol. The van der Waals surface area contributed by atoms with Gasteiger partial charge in [0.1, 0.15) is 5.75 Å². The fourth-order valence-electron chi connectivity index (χ4n) is 3.38. The topological polar surface area (TPSA) is 87.7 Å². The summed E-state index contributed by atoms with van der Waals surface area (Å²) in [5, 5.41) is 5.55.